The molecule has 1 unspecified atom stereocenters. The Kier molecular flexibility index (Phi) is 6.15. The number of hydrogen-bond donors (Lipinski definition) is 2. The van der Waals surface area contributed by atoms with Gasteiger partial charge in [-0.1, -0.05) is 42.8 Å². The van der Waals surface area contributed by atoms with Gasteiger partial charge in [-0.15, -0.1) is 0 Å². The normalized spacial score (nSPS) is 19.2. The standard InChI is InChI=1S/C22H23ClN2O3/c1-2-22(14-13-20(27)25-21(22)28)16-6-10-18(11-7-16)24-19(26)12-5-15-3-8-17(23)9-4-15/h3-4,6-11H,2,5,12-14H2,1H3,(H,24,26)(H,25,27,28). The third kappa shape index (κ3) is 4.42. The van der Waals surface area contributed by atoms with Gasteiger partial charge in [0.1, 0.15) is 0 Å². The fourth-order valence-corrected chi connectivity index (χ4v) is 3.70. The van der Waals surface area contributed by atoms with Gasteiger partial charge in [0.2, 0.25) is 17.7 Å². The van der Waals surface area contributed by atoms with E-state index >= 15 is 0 Å². The maximum Gasteiger partial charge on any atom is 0.237 e. The largest absolute Gasteiger partial charge is 0.326 e. The van der Waals surface area contributed by atoms with Crippen molar-refractivity contribution in [1.82, 2.24) is 5.32 Å². The Morgan fingerprint density at radius 2 is 1.79 bits per heavy atom. The summed E-state index contributed by atoms with van der Waals surface area (Å²) in [6.07, 6.45) is 2.45. The van der Waals surface area contributed by atoms with Crippen LogP contribution >= 0.6 is 11.6 Å². The zero-order valence-electron chi connectivity index (χ0n) is 15.8. The minimum atomic E-state index is -0.689. The summed E-state index contributed by atoms with van der Waals surface area (Å²) in [5.74, 6) is -0.543. The number of benzene rings is 2. The minimum Gasteiger partial charge on any atom is -0.326 e. The summed E-state index contributed by atoms with van der Waals surface area (Å²) in [6, 6.07) is 14.8. The molecule has 1 saturated heterocycles. The lowest BCUT2D eigenvalue weighted by molar-refractivity contribution is -0.138. The molecule has 0 aliphatic carbocycles. The molecule has 0 bridgehead atoms. The summed E-state index contributed by atoms with van der Waals surface area (Å²) in [5, 5.41) is 6.00. The number of halogens is 1. The monoisotopic (exact) mass is 398 g/mol. The highest BCUT2D eigenvalue weighted by atomic mass is 35.5. The Bertz CT molecular complexity index is 878. The lowest BCUT2D eigenvalue weighted by atomic mass is 9.72. The van der Waals surface area contributed by atoms with E-state index in [-0.39, 0.29) is 17.7 Å². The zero-order valence-corrected chi connectivity index (χ0v) is 16.5. The highest BCUT2D eigenvalue weighted by molar-refractivity contribution is 6.30. The van der Waals surface area contributed by atoms with Gasteiger partial charge in [-0.2, -0.15) is 0 Å². The average molecular weight is 399 g/mol. The molecule has 6 heteroatoms. The van der Waals surface area contributed by atoms with Crippen molar-refractivity contribution in [2.45, 2.75) is 44.4 Å². The predicted molar refractivity (Wildman–Crippen MR) is 109 cm³/mol. The van der Waals surface area contributed by atoms with E-state index in [2.05, 4.69) is 10.6 Å². The number of rotatable bonds is 6. The second-order valence-electron chi connectivity index (χ2n) is 7.06. The van der Waals surface area contributed by atoms with Crippen LogP contribution in [0.1, 0.15) is 43.7 Å². The van der Waals surface area contributed by atoms with Crippen molar-refractivity contribution in [3.05, 3.63) is 64.7 Å². The highest BCUT2D eigenvalue weighted by Crippen LogP contribution is 2.36. The number of aryl methyl sites for hydroxylation is 1. The second-order valence-corrected chi connectivity index (χ2v) is 7.50. The van der Waals surface area contributed by atoms with Crippen molar-refractivity contribution in [3.8, 4) is 0 Å². The number of amides is 3. The van der Waals surface area contributed by atoms with E-state index in [1.54, 1.807) is 12.1 Å². The molecule has 1 heterocycles. The van der Waals surface area contributed by atoms with Crippen LogP contribution in [0.2, 0.25) is 5.02 Å². The summed E-state index contributed by atoms with van der Waals surface area (Å²) < 4.78 is 0. The molecule has 2 aromatic carbocycles. The number of anilines is 1. The molecule has 2 N–H and O–H groups in total. The van der Waals surface area contributed by atoms with Crippen LogP contribution in [0.3, 0.4) is 0 Å². The molecule has 28 heavy (non-hydrogen) atoms. The molecular weight excluding hydrogens is 376 g/mol. The first kappa shape index (κ1) is 20.1. The zero-order chi connectivity index (χ0) is 20.1. The van der Waals surface area contributed by atoms with E-state index in [9.17, 15) is 14.4 Å². The van der Waals surface area contributed by atoms with Crippen molar-refractivity contribution < 1.29 is 14.4 Å². The smallest absolute Gasteiger partial charge is 0.237 e. The molecular formula is C22H23ClN2O3. The Labute approximate surface area is 169 Å². The van der Waals surface area contributed by atoms with Crippen molar-refractivity contribution >= 4 is 35.0 Å². The van der Waals surface area contributed by atoms with Crippen LogP contribution < -0.4 is 10.6 Å². The minimum absolute atomic E-state index is 0.0751. The van der Waals surface area contributed by atoms with Crippen LogP contribution in [-0.2, 0) is 26.2 Å². The van der Waals surface area contributed by atoms with Crippen molar-refractivity contribution in [2.24, 2.45) is 0 Å². The van der Waals surface area contributed by atoms with Crippen molar-refractivity contribution in [3.63, 3.8) is 0 Å². The summed E-state index contributed by atoms with van der Waals surface area (Å²) in [6.45, 7) is 1.95. The molecule has 1 fully saturated rings. The first-order valence-electron chi connectivity index (χ1n) is 9.42. The molecule has 146 valence electrons. The third-order valence-corrected chi connectivity index (χ3v) is 5.60. The quantitative estimate of drug-likeness (QED) is 0.722. The van der Waals surface area contributed by atoms with Crippen molar-refractivity contribution in [2.75, 3.05) is 5.32 Å². The number of nitrogens with one attached hydrogen (secondary N) is 2. The van der Waals surface area contributed by atoms with Crippen LogP contribution in [-0.4, -0.2) is 17.7 Å². The summed E-state index contributed by atoms with van der Waals surface area (Å²) in [4.78, 5) is 36.1. The van der Waals surface area contributed by atoms with Crippen molar-refractivity contribution in [1.29, 1.82) is 0 Å². The number of carbonyl (C=O) groups excluding carboxylic acids is 3. The molecule has 0 saturated carbocycles. The predicted octanol–water partition coefficient (Wildman–Crippen LogP) is 4.00. The van der Waals surface area contributed by atoms with E-state index in [0.717, 1.165) is 11.1 Å². The van der Waals surface area contributed by atoms with Crippen LogP contribution in [0, 0.1) is 0 Å². The van der Waals surface area contributed by atoms with Crippen LogP contribution in [0.15, 0.2) is 48.5 Å². The van der Waals surface area contributed by atoms with Gasteiger partial charge in [-0.3, -0.25) is 19.7 Å². The average Bonchev–Trinajstić information content (AvgIpc) is 2.69. The summed E-state index contributed by atoms with van der Waals surface area (Å²) >= 11 is 5.87. The molecule has 1 aliphatic heterocycles. The Morgan fingerprint density at radius 1 is 1.11 bits per heavy atom. The first-order chi connectivity index (χ1) is 13.4. The van der Waals surface area contributed by atoms with E-state index in [1.165, 1.54) is 0 Å². The molecule has 0 radical (unpaired) electrons. The lowest BCUT2D eigenvalue weighted by Crippen LogP contribution is -2.51. The van der Waals surface area contributed by atoms with Gasteiger partial charge in [-0.25, -0.2) is 0 Å². The van der Waals surface area contributed by atoms with Gasteiger partial charge < -0.3 is 5.32 Å². The second kappa shape index (κ2) is 8.57. The molecule has 0 aromatic heterocycles. The molecule has 0 spiro atoms. The van der Waals surface area contributed by atoms with Gasteiger partial charge in [0.25, 0.3) is 0 Å². The van der Waals surface area contributed by atoms with E-state index in [1.807, 2.05) is 43.3 Å². The number of carbonyl (C=O) groups is 3. The SMILES string of the molecule is CCC1(c2ccc(NC(=O)CCc3ccc(Cl)cc3)cc2)CCC(=O)NC1=O. The molecule has 1 atom stereocenters. The maximum absolute atomic E-state index is 12.5. The molecule has 3 rings (SSSR count). The Morgan fingerprint density at radius 3 is 2.39 bits per heavy atom. The molecule has 2 aromatic rings. The third-order valence-electron chi connectivity index (χ3n) is 5.35. The Hall–Kier alpha value is -2.66. The highest BCUT2D eigenvalue weighted by Gasteiger charge is 2.42. The Balaban J connectivity index is 1.62. The van der Waals surface area contributed by atoms with Gasteiger partial charge in [-0.05, 0) is 54.7 Å². The molecule has 5 nitrogen and oxygen atoms in total. The van der Waals surface area contributed by atoms with E-state index < -0.39 is 5.41 Å². The van der Waals surface area contributed by atoms with Gasteiger partial charge >= 0.3 is 0 Å². The first-order valence-corrected chi connectivity index (χ1v) is 9.80. The van der Waals surface area contributed by atoms with E-state index in [4.69, 9.17) is 11.6 Å². The van der Waals surface area contributed by atoms with Gasteiger partial charge in [0.15, 0.2) is 0 Å². The topological polar surface area (TPSA) is 75.3 Å². The van der Waals surface area contributed by atoms with Crippen LogP contribution in [0.25, 0.3) is 0 Å². The summed E-state index contributed by atoms with van der Waals surface area (Å²) in [7, 11) is 0. The maximum atomic E-state index is 12.5. The fourth-order valence-electron chi connectivity index (χ4n) is 3.57. The fraction of sp³-hybridized carbons (Fsp3) is 0.318. The molecule has 3 amide bonds. The number of hydrogen-bond acceptors (Lipinski definition) is 3. The van der Waals surface area contributed by atoms with Crippen LogP contribution in [0.5, 0.6) is 0 Å². The van der Waals surface area contributed by atoms with Gasteiger partial charge in [0.05, 0.1) is 5.41 Å². The van der Waals surface area contributed by atoms with Crippen LogP contribution in [0.4, 0.5) is 5.69 Å². The van der Waals surface area contributed by atoms with E-state index in [0.29, 0.717) is 42.8 Å². The lowest BCUT2D eigenvalue weighted by Gasteiger charge is -2.35. The number of imide groups is 1. The number of piperidine rings is 1. The summed E-state index contributed by atoms with van der Waals surface area (Å²) in [5.41, 5.74) is 1.91. The molecule has 1 aliphatic rings. The van der Waals surface area contributed by atoms with Gasteiger partial charge in [0, 0.05) is 23.6 Å².